The molecule has 1 fully saturated rings. The molecule has 0 N–H and O–H groups in total. The molecule has 0 aliphatic carbocycles. The van der Waals surface area contributed by atoms with Crippen molar-refractivity contribution in [2.24, 2.45) is 0 Å². The Morgan fingerprint density at radius 1 is 1.24 bits per heavy atom. The van der Waals surface area contributed by atoms with Gasteiger partial charge >= 0.3 is 0 Å². The summed E-state index contributed by atoms with van der Waals surface area (Å²) in [6.45, 7) is 3.01. The van der Waals surface area contributed by atoms with Crippen molar-refractivity contribution >= 4 is 5.91 Å². The van der Waals surface area contributed by atoms with Crippen molar-refractivity contribution in [2.45, 2.75) is 25.7 Å². The van der Waals surface area contributed by atoms with Crippen LogP contribution in [-0.2, 0) is 0 Å². The maximum atomic E-state index is 12.6. The van der Waals surface area contributed by atoms with Gasteiger partial charge in [0.25, 0.3) is 5.91 Å². The molecule has 0 unspecified atom stereocenters. The quantitative estimate of drug-likeness (QED) is 0.729. The highest BCUT2D eigenvalue weighted by Gasteiger charge is 2.30. The fourth-order valence-corrected chi connectivity index (χ4v) is 3.14. The summed E-state index contributed by atoms with van der Waals surface area (Å²) in [7, 11) is 0. The van der Waals surface area contributed by atoms with E-state index in [1.54, 1.807) is 11.8 Å². The number of amides is 1. The molecule has 1 amide bonds. The highest BCUT2D eigenvalue weighted by Crippen LogP contribution is 2.28. The molecule has 0 spiro atoms. The summed E-state index contributed by atoms with van der Waals surface area (Å²) in [6, 6.07) is 9.71. The van der Waals surface area contributed by atoms with Gasteiger partial charge < -0.3 is 13.9 Å². The van der Waals surface area contributed by atoms with E-state index in [-0.39, 0.29) is 11.8 Å². The van der Waals surface area contributed by atoms with E-state index in [2.05, 4.69) is 15.3 Å². The van der Waals surface area contributed by atoms with Crippen LogP contribution in [-0.4, -0.2) is 39.2 Å². The third-order valence-electron chi connectivity index (χ3n) is 4.51. The molecule has 0 radical (unpaired) electrons. The Morgan fingerprint density at radius 2 is 2.08 bits per heavy atom. The van der Waals surface area contributed by atoms with E-state index in [1.807, 2.05) is 30.3 Å². The minimum Gasteiger partial charge on any atom is -0.361 e. The van der Waals surface area contributed by atoms with Crippen molar-refractivity contribution in [2.75, 3.05) is 13.1 Å². The average molecular weight is 338 g/mol. The molecule has 4 rings (SSSR count). The van der Waals surface area contributed by atoms with Gasteiger partial charge in [0.15, 0.2) is 0 Å². The first-order chi connectivity index (χ1) is 12.2. The van der Waals surface area contributed by atoms with Crippen LogP contribution in [0.15, 0.2) is 45.6 Å². The predicted octanol–water partition coefficient (Wildman–Crippen LogP) is 3.05. The Morgan fingerprint density at radius 3 is 2.84 bits per heavy atom. The van der Waals surface area contributed by atoms with Crippen molar-refractivity contribution in [1.82, 2.24) is 20.2 Å². The second-order valence-electron chi connectivity index (χ2n) is 6.21. The molecule has 3 heterocycles. The number of aromatic nitrogens is 3. The summed E-state index contributed by atoms with van der Waals surface area (Å²) in [5, 5.41) is 7.77. The van der Waals surface area contributed by atoms with E-state index in [1.165, 1.54) is 6.20 Å². The number of carbonyl (C=O) groups is 1. The lowest BCUT2D eigenvalue weighted by Crippen LogP contribution is -2.39. The number of hydrogen-bond acceptors (Lipinski definition) is 6. The van der Waals surface area contributed by atoms with Gasteiger partial charge in [-0.05, 0) is 19.8 Å². The summed E-state index contributed by atoms with van der Waals surface area (Å²) in [6.07, 6.45) is 3.29. The molecule has 0 saturated carbocycles. The molecule has 2 aromatic heterocycles. The lowest BCUT2D eigenvalue weighted by molar-refractivity contribution is 0.0694. The lowest BCUT2D eigenvalue weighted by atomic mass is 9.97. The molecular weight excluding hydrogens is 320 g/mol. The first-order valence-electron chi connectivity index (χ1n) is 8.32. The number of piperidine rings is 1. The monoisotopic (exact) mass is 338 g/mol. The highest BCUT2D eigenvalue weighted by molar-refractivity contribution is 5.94. The summed E-state index contributed by atoms with van der Waals surface area (Å²) in [4.78, 5) is 19.0. The summed E-state index contributed by atoms with van der Waals surface area (Å²) < 4.78 is 10.5. The Kier molecular flexibility index (Phi) is 4.05. The molecule has 1 aromatic carbocycles. The molecule has 128 valence electrons. The summed E-state index contributed by atoms with van der Waals surface area (Å²) in [5.41, 5.74) is 1.43. The molecule has 1 saturated heterocycles. The molecule has 1 atom stereocenters. The standard InChI is InChI=1S/C18H18N4O3/c1-12-15(10-19-24-12)18(23)22-9-5-8-14(11-22)17-20-16(21-25-17)13-6-3-2-4-7-13/h2-4,6-7,10,14H,5,8-9,11H2,1H3/t14-/m0/s1. The zero-order valence-electron chi connectivity index (χ0n) is 13.9. The van der Waals surface area contributed by atoms with E-state index in [0.717, 1.165) is 18.4 Å². The van der Waals surface area contributed by atoms with E-state index >= 15 is 0 Å². The largest absolute Gasteiger partial charge is 0.361 e. The number of aryl methyl sites for hydroxylation is 1. The second-order valence-corrected chi connectivity index (χ2v) is 6.21. The normalized spacial score (nSPS) is 17.6. The van der Waals surface area contributed by atoms with Gasteiger partial charge in [0, 0.05) is 18.7 Å². The third-order valence-corrected chi connectivity index (χ3v) is 4.51. The maximum Gasteiger partial charge on any atom is 0.259 e. The predicted molar refractivity (Wildman–Crippen MR) is 88.9 cm³/mol. The minimum atomic E-state index is -0.0637. The fraction of sp³-hybridized carbons (Fsp3) is 0.333. The molecule has 3 aromatic rings. The van der Waals surface area contributed by atoms with E-state index < -0.39 is 0 Å². The van der Waals surface area contributed by atoms with Crippen molar-refractivity contribution in [3.8, 4) is 11.4 Å². The number of likely N-dealkylation sites (tertiary alicyclic amines) is 1. The number of hydrogen-bond donors (Lipinski definition) is 0. The molecule has 7 nitrogen and oxygen atoms in total. The first-order valence-corrected chi connectivity index (χ1v) is 8.32. The van der Waals surface area contributed by atoms with Crippen LogP contribution >= 0.6 is 0 Å². The molecule has 1 aliphatic rings. The van der Waals surface area contributed by atoms with Gasteiger partial charge in [-0.1, -0.05) is 40.6 Å². The van der Waals surface area contributed by atoms with Crippen LogP contribution in [0.4, 0.5) is 0 Å². The fourth-order valence-electron chi connectivity index (χ4n) is 3.14. The van der Waals surface area contributed by atoms with Gasteiger partial charge in [-0.15, -0.1) is 0 Å². The summed E-state index contributed by atoms with van der Waals surface area (Å²) >= 11 is 0. The Balaban J connectivity index is 1.51. The van der Waals surface area contributed by atoms with Gasteiger partial charge in [0.05, 0.1) is 12.1 Å². The van der Waals surface area contributed by atoms with E-state index in [0.29, 0.717) is 36.1 Å². The van der Waals surface area contributed by atoms with Gasteiger partial charge in [-0.2, -0.15) is 4.98 Å². The van der Waals surface area contributed by atoms with Crippen molar-refractivity contribution < 1.29 is 13.8 Å². The van der Waals surface area contributed by atoms with Crippen LogP contribution in [0.3, 0.4) is 0 Å². The zero-order chi connectivity index (χ0) is 17.2. The number of benzene rings is 1. The van der Waals surface area contributed by atoms with Gasteiger partial charge in [-0.3, -0.25) is 4.79 Å². The van der Waals surface area contributed by atoms with Crippen LogP contribution in [0.5, 0.6) is 0 Å². The topological polar surface area (TPSA) is 85.3 Å². The van der Waals surface area contributed by atoms with Crippen molar-refractivity contribution in [1.29, 1.82) is 0 Å². The second kappa shape index (κ2) is 6.51. The van der Waals surface area contributed by atoms with Gasteiger partial charge in [0.2, 0.25) is 11.7 Å². The Bertz CT molecular complexity index is 871. The van der Waals surface area contributed by atoms with Crippen LogP contribution < -0.4 is 0 Å². The third kappa shape index (κ3) is 3.05. The van der Waals surface area contributed by atoms with Crippen molar-refractivity contribution in [3.63, 3.8) is 0 Å². The molecule has 25 heavy (non-hydrogen) atoms. The maximum absolute atomic E-state index is 12.6. The molecule has 0 bridgehead atoms. The van der Waals surface area contributed by atoms with Crippen LogP contribution in [0.25, 0.3) is 11.4 Å². The van der Waals surface area contributed by atoms with Crippen LogP contribution in [0.2, 0.25) is 0 Å². The molecule has 7 heteroatoms. The Hall–Kier alpha value is -2.96. The van der Waals surface area contributed by atoms with Gasteiger partial charge in [0.1, 0.15) is 11.3 Å². The number of carbonyl (C=O) groups excluding carboxylic acids is 1. The first kappa shape index (κ1) is 15.6. The van der Waals surface area contributed by atoms with Crippen molar-refractivity contribution in [3.05, 3.63) is 53.7 Å². The average Bonchev–Trinajstić information content (AvgIpc) is 3.31. The lowest BCUT2D eigenvalue weighted by Gasteiger charge is -2.30. The smallest absolute Gasteiger partial charge is 0.259 e. The highest BCUT2D eigenvalue weighted by atomic mass is 16.5. The SMILES string of the molecule is Cc1oncc1C(=O)N1CCC[C@H](c2nc(-c3ccccc3)no2)C1. The Labute approximate surface area is 144 Å². The summed E-state index contributed by atoms with van der Waals surface area (Å²) in [5.74, 6) is 1.68. The number of nitrogens with zero attached hydrogens (tertiary/aromatic N) is 4. The van der Waals surface area contributed by atoms with Gasteiger partial charge in [-0.25, -0.2) is 0 Å². The number of rotatable bonds is 3. The molecular formula is C18H18N4O3. The van der Waals surface area contributed by atoms with E-state index in [9.17, 15) is 4.79 Å². The molecule has 1 aliphatic heterocycles. The van der Waals surface area contributed by atoms with E-state index in [4.69, 9.17) is 9.05 Å². The zero-order valence-corrected chi connectivity index (χ0v) is 13.9. The minimum absolute atomic E-state index is 0.0443. The van der Waals surface area contributed by atoms with Crippen LogP contribution in [0.1, 0.15) is 40.8 Å². The van der Waals surface area contributed by atoms with Crippen LogP contribution in [0, 0.1) is 6.92 Å².